The van der Waals surface area contributed by atoms with Crippen LogP contribution in [0.25, 0.3) is 10.9 Å². The zero-order valence-corrected chi connectivity index (χ0v) is 18.2. The molecule has 0 radical (unpaired) electrons. The summed E-state index contributed by atoms with van der Waals surface area (Å²) in [4.78, 5) is 28.7. The van der Waals surface area contributed by atoms with Gasteiger partial charge < -0.3 is 14.3 Å². The fraction of sp³-hybridized carbons (Fsp3) is 0.240. The maximum absolute atomic E-state index is 13.2. The number of carbonyl (C=O) groups is 2. The van der Waals surface area contributed by atoms with Crippen LogP contribution in [0.3, 0.4) is 0 Å². The molecule has 0 amide bonds. The van der Waals surface area contributed by atoms with Crippen LogP contribution in [0, 0.1) is 20.8 Å². The number of fused-ring (bicyclic) bond motifs is 1. The first kappa shape index (κ1) is 21.4. The van der Waals surface area contributed by atoms with Crippen molar-refractivity contribution in [3.63, 3.8) is 0 Å². The number of ether oxygens (including phenoxy) is 1. The molecule has 32 heavy (non-hydrogen) atoms. The summed E-state index contributed by atoms with van der Waals surface area (Å²) in [5.74, 6) is 1.03. The maximum atomic E-state index is 13.2. The third-order valence-electron chi connectivity index (χ3n) is 5.37. The first-order chi connectivity index (χ1) is 15.3. The highest BCUT2D eigenvalue weighted by atomic mass is 16.5. The van der Waals surface area contributed by atoms with E-state index in [4.69, 9.17) is 14.3 Å². The predicted molar refractivity (Wildman–Crippen MR) is 119 cm³/mol. The van der Waals surface area contributed by atoms with Gasteiger partial charge in [-0.15, -0.1) is 0 Å². The maximum Gasteiger partial charge on any atom is 0.307 e. The smallest absolute Gasteiger partial charge is 0.307 e. The molecule has 4 rings (SSSR count). The lowest BCUT2D eigenvalue weighted by Crippen LogP contribution is -2.13. The fourth-order valence-corrected chi connectivity index (χ4v) is 3.90. The third kappa shape index (κ3) is 4.27. The van der Waals surface area contributed by atoms with Gasteiger partial charge in [-0.3, -0.25) is 14.2 Å². The van der Waals surface area contributed by atoms with E-state index in [9.17, 15) is 9.59 Å². The van der Waals surface area contributed by atoms with Crippen LogP contribution in [-0.4, -0.2) is 33.1 Å². The second-order valence-corrected chi connectivity index (χ2v) is 7.71. The Morgan fingerprint density at radius 2 is 1.84 bits per heavy atom. The molecule has 0 fully saturated rings. The molecule has 0 bridgehead atoms. The molecule has 0 aliphatic carbocycles. The number of carboxylic acids is 1. The average Bonchev–Trinajstić information content (AvgIpc) is 3.25. The Bertz CT molecular complexity index is 1300. The monoisotopic (exact) mass is 432 g/mol. The van der Waals surface area contributed by atoms with Gasteiger partial charge in [-0.25, -0.2) is 4.98 Å². The van der Waals surface area contributed by atoms with Crippen molar-refractivity contribution in [2.45, 2.75) is 33.6 Å². The molecule has 0 unspecified atom stereocenters. The van der Waals surface area contributed by atoms with Crippen LogP contribution in [0.5, 0.6) is 5.75 Å². The lowest BCUT2D eigenvalue weighted by Gasteiger charge is -2.09. The number of oxazole rings is 1. The number of hydrogen-bond acceptors (Lipinski definition) is 5. The topological polar surface area (TPSA) is 94.6 Å². The van der Waals surface area contributed by atoms with Crippen molar-refractivity contribution in [2.75, 3.05) is 6.61 Å². The van der Waals surface area contributed by atoms with Crippen LogP contribution in [0.1, 0.15) is 39.0 Å². The molecule has 0 saturated carbocycles. The number of carboxylic acid groups (broad SMARTS) is 1. The second-order valence-electron chi connectivity index (χ2n) is 7.71. The van der Waals surface area contributed by atoms with Crippen molar-refractivity contribution in [1.29, 1.82) is 0 Å². The van der Waals surface area contributed by atoms with Crippen molar-refractivity contribution in [2.24, 2.45) is 0 Å². The molecule has 4 aromatic rings. The number of aliphatic carboxylic acids is 1. The quantitative estimate of drug-likeness (QED) is 0.462. The van der Waals surface area contributed by atoms with Crippen LogP contribution in [-0.2, 0) is 17.6 Å². The minimum atomic E-state index is -0.904. The largest absolute Gasteiger partial charge is 0.493 e. The number of aryl methyl sites for hydroxylation is 3. The first-order valence-corrected chi connectivity index (χ1v) is 10.4. The summed E-state index contributed by atoms with van der Waals surface area (Å²) >= 11 is 0. The van der Waals surface area contributed by atoms with Gasteiger partial charge in [-0.05, 0) is 55.8 Å². The zero-order chi connectivity index (χ0) is 22.8. The van der Waals surface area contributed by atoms with E-state index in [2.05, 4.69) is 4.98 Å². The predicted octanol–water partition coefficient (Wildman–Crippen LogP) is 4.49. The van der Waals surface area contributed by atoms with Gasteiger partial charge in [0.25, 0.3) is 5.91 Å². The summed E-state index contributed by atoms with van der Waals surface area (Å²) in [6.45, 7) is 5.99. The molecule has 2 aromatic heterocycles. The van der Waals surface area contributed by atoms with Gasteiger partial charge in [0.15, 0.2) is 5.89 Å². The molecule has 0 saturated heterocycles. The van der Waals surface area contributed by atoms with E-state index < -0.39 is 5.97 Å². The molecule has 1 N–H and O–H groups in total. The number of nitrogens with zero attached hydrogens (tertiary/aromatic N) is 2. The van der Waals surface area contributed by atoms with E-state index >= 15 is 0 Å². The number of aromatic nitrogens is 2. The summed E-state index contributed by atoms with van der Waals surface area (Å²) in [6, 6.07) is 14.2. The summed E-state index contributed by atoms with van der Waals surface area (Å²) in [7, 11) is 0. The van der Waals surface area contributed by atoms with Gasteiger partial charge >= 0.3 is 5.97 Å². The third-order valence-corrected chi connectivity index (χ3v) is 5.37. The second kappa shape index (κ2) is 8.70. The van der Waals surface area contributed by atoms with Crippen LogP contribution < -0.4 is 4.74 Å². The molecule has 0 aliphatic rings. The highest BCUT2D eigenvalue weighted by molar-refractivity contribution is 6.04. The molecule has 164 valence electrons. The van der Waals surface area contributed by atoms with Crippen LogP contribution in [0.4, 0.5) is 0 Å². The van der Waals surface area contributed by atoms with Crippen molar-refractivity contribution in [3.05, 3.63) is 82.7 Å². The van der Waals surface area contributed by atoms with Crippen molar-refractivity contribution in [1.82, 2.24) is 9.55 Å². The number of rotatable bonds is 7. The normalized spacial score (nSPS) is 11.1. The van der Waals surface area contributed by atoms with E-state index in [1.54, 1.807) is 41.0 Å². The number of benzene rings is 2. The molecule has 0 spiro atoms. The van der Waals surface area contributed by atoms with E-state index in [0.717, 1.165) is 22.5 Å². The standard InChI is InChI=1S/C25H24N2O5/c1-15-13-21-19(14-24(28)29)5-4-6-23(21)27(15)25(30)18-7-9-20(10-8-18)31-12-11-22-16(2)32-17(3)26-22/h4-10,13H,11-12,14H2,1-3H3,(H,28,29). The molecular weight excluding hydrogens is 408 g/mol. The minimum Gasteiger partial charge on any atom is -0.493 e. The van der Waals surface area contributed by atoms with Gasteiger partial charge in [0, 0.05) is 30.0 Å². The molecular formula is C25H24N2O5. The fourth-order valence-electron chi connectivity index (χ4n) is 3.90. The molecule has 7 nitrogen and oxygen atoms in total. The highest BCUT2D eigenvalue weighted by Gasteiger charge is 2.17. The van der Waals surface area contributed by atoms with Gasteiger partial charge in [0.05, 0.1) is 24.2 Å². The van der Waals surface area contributed by atoms with Crippen LogP contribution in [0.2, 0.25) is 0 Å². The van der Waals surface area contributed by atoms with E-state index in [1.165, 1.54) is 0 Å². The van der Waals surface area contributed by atoms with Crippen molar-refractivity contribution >= 4 is 22.8 Å². The summed E-state index contributed by atoms with van der Waals surface area (Å²) < 4.78 is 12.8. The van der Waals surface area contributed by atoms with E-state index in [1.807, 2.05) is 32.9 Å². The molecule has 2 heterocycles. The summed E-state index contributed by atoms with van der Waals surface area (Å²) in [5, 5.41) is 9.94. The Kier molecular flexibility index (Phi) is 5.81. The van der Waals surface area contributed by atoms with E-state index in [0.29, 0.717) is 41.3 Å². The number of hydrogen-bond donors (Lipinski definition) is 1. The zero-order valence-electron chi connectivity index (χ0n) is 18.2. The van der Waals surface area contributed by atoms with E-state index in [-0.39, 0.29) is 12.3 Å². The summed E-state index contributed by atoms with van der Waals surface area (Å²) in [6.07, 6.45) is 0.547. The Morgan fingerprint density at radius 1 is 1.09 bits per heavy atom. The van der Waals surface area contributed by atoms with Crippen LogP contribution >= 0.6 is 0 Å². The molecule has 7 heteroatoms. The summed E-state index contributed by atoms with van der Waals surface area (Å²) in [5.41, 5.74) is 3.54. The van der Waals surface area contributed by atoms with Gasteiger partial charge in [0.1, 0.15) is 11.5 Å². The minimum absolute atomic E-state index is 0.0888. The van der Waals surface area contributed by atoms with Gasteiger partial charge in [-0.2, -0.15) is 0 Å². The Balaban J connectivity index is 1.50. The molecule has 2 aromatic carbocycles. The van der Waals surface area contributed by atoms with Crippen LogP contribution in [0.15, 0.2) is 52.9 Å². The van der Waals surface area contributed by atoms with Gasteiger partial charge in [0.2, 0.25) is 0 Å². The molecule has 0 aliphatic heterocycles. The SMILES string of the molecule is Cc1nc(CCOc2ccc(C(=O)n3c(C)cc4c(CC(=O)O)cccc43)cc2)c(C)o1. The Morgan fingerprint density at radius 3 is 2.50 bits per heavy atom. The van der Waals surface area contributed by atoms with Crippen molar-refractivity contribution in [3.8, 4) is 5.75 Å². The van der Waals surface area contributed by atoms with Gasteiger partial charge in [-0.1, -0.05) is 12.1 Å². The average molecular weight is 432 g/mol. The Hall–Kier alpha value is -3.87. The highest BCUT2D eigenvalue weighted by Crippen LogP contribution is 2.25. The lowest BCUT2D eigenvalue weighted by molar-refractivity contribution is -0.136. The lowest BCUT2D eigenvalue weighted by atomic mass is 10.1. The van der Waals surface area contributed by atoms with Crippen molar-refractivity contribution < 1.29 is 23.8 Å². The first-order valence-electron chi connectivity index (χ1n) is 10.4. The Labute approximate surface area is 185 Å². The number of carbonyl (C=O) groups excluding carboxylic acids is 1. The molecule has 0 atom stereocenters.